The number of likely N-dealkylation sites (tertiary alicyclic amines) is 1. The standard InChI is InChI=1S/C16H22N2O3/c1-11-6-3-4-7-13(11)12(2)17-15(19)10-18-9-5-8-14(18)16(20)21/h3-4,6-7,12,14H,5,8-10H2,1-2H3,(H,17,19)(H,20,21)/t12-,14+/m1/s1. The minimum atomic E-state index is -0.841. The predicted molar refractivity (Wildman–Crippen MR) is 80.0 cm³/mol. The van der Waals surface area contributed by atoms with Gasteiger partial charge in [0.1, 0.15) is 6.04 Å². The molecule has 1 amide bonds. The van der Waals surface area contributed by atoms with E-state index in [0.29, 0.717) is 13.0 Å². The zero-order chi connectivity index (χ0) is 15.4. The van der Waals surface area contributed by atoms with E-state index in [2.05, 4.69) is 5.32 Å². The van der Waals surface area contributed by atoms with Gasteiger partial charge in [-0.3, -0.25) is 14.5 Å². The summed E-state index contributed by atoms with van der Waals surface area (Å²) < 4.78 is 0. The molecule has 2 atom stereocenters. The van der Waals surface area contributed by atoms with Gasteiger partial charge in [0.2, 0.25) is 5.91 Å². The number of hydrogen-bond donors (Lipinski definition) is 2. The number of carbonyl (C=O) groups excluding carboxylic acids is 1. The number of carboxylic acid groups (broad SMARTS) is 1. The predicted octanol–water partition coefficient (Wildman–Crippen LogP) is 1.72. The fraction of sp³-hybridized carbons (Fsp3) is 0.500. The van der Waals surface area contributed by atoms with Gasteiger partial charge in [-0.05, 0) is 44.4 Å². The molecule has 0 aromatic heterocycles. The van der Waals surface area contributed by atoms with Gasteiger partial charge in [0.25, 0.3) is 0 Å². The van der Waals surface area contributed by atoms with E-state index in [1.807, 2.05) is 38.1 Å². The second-order valence-corrected chi connectivity index (χ2v) is 5.61. The zero-order valence-corrected chi connectivity index (χ0v) is 12.5. The van der Waals surface area contributed by atoms with Crippen molar-refractivity contribution in [3.63, 3.8) is 0 Å². The monoisotopic (exact) mass is 290 g/mol. The van der Waals surface area contributed by atoms with Crippen LogP contribution < -0.4 is 5.32 Å². The normalized spacial score (nSPS) is 20.2. The molecule has 21 heavy (non-hydrogen) atoms. The molecule has 0 unspecified atom stereocenters. The topological polar surface area (TPSA) is 69.6 Å². The number of rotatable bonds is 5. The van der Waals surface area contributed by atoms with Gasteiger partial charge in [0.15, 0.2) is 0 Å². The van der Waals surface area contributed by atoms with Crippen LogP contribution in [0.1, 0.15) is 36.9 Å². The second-order valence-electron chi connectivity index (χ2n) is 5.61. The lowest BCUT2D eigenvalue weighted by Crippen LogP contribution is -2.43. The van der Waals surface area contributed by atoms with Crippen LogP contribution >= 0.6 is 0 Å². The number of carboxylic acids is 1. The lowest BCUT2D eigenvalue weighted by molar-refractivity contribution is -0.142. The molecule has 1 heterocycles. The third kappa shape index (κ3) is 3.82. The summed E-state index contributed by atoms with van der Waals surface area (Å²) in [5, 5.41) is 12.1. The minimum absolute atomic E-state index is 0.0791. The quantitative estimate of drug-likeness (QED) is 0.866. The first-order valence-electron chi connectivity index (χ1n) is 7.31. The summed E-state index contributed by atoms with van der Waals surface area (Å²) in [5.74, 6) is -0.967. The van der Waals surface area contributed by atoms with E-state index in [1.54, 1.807) is 4.90 Å². The van der Waals surface area contributed by atoms with E-state index in [9.17, 15) is 9.59 Å². The van der Waals surface area contributed by atoms with Crippen LogP contribution in [0.4, 0.5) is 0 Å². The molecule has 114 valence electrons. The van der Waals surface area contributed by atoms with Crippen LogP contribution in [0, 0.1) is 6.92 Å². The summed E-state index contributed by atoms with van der Waals surface area (Å²) in [6.07, 6.45) is 1.45. The molecule has 1 aromatic carbocycles. The molecule has 0 bridgehead atoms. The Kier molecular flexibility index (Phi) is 4.96. The average molecular weight is 290 g/mol. The van der Waals surface area contributed by atoms with Crippen molar-refractivity contribution in [2.45, 2.75) is 38.8 Å². The third-order valence-corrected chi connectivity index (χ3v) is 4.03. The van der Waals surface area contributed by atoms with E-state index >= 15 is 0 Å². The lowest BCUT2D eigenvalue weighted by Gasteiger charge is -2.22. The molecular formula is C16H22N2O3. The Hall–Kier alpha value is -1.88. The summed E-state index contributed by atoms with van der Waals surface area (Å²) in [5.41, 5.74) is 2.22. The van der Waals surface area contributed by atoms with Crippen LogP contribution in [0.15, 0.2) is 24.3 Å². The molecular weight excluding hydrogens is 268 g/mol. The number of hydrogen-bond acceptors (Lipinski definition) is 3. The average Bonchev–Trinajstić information content (AvgIpc) is 2.87. The van der Waals surface area contributed by atoms with Crippen molar-refractivity contribution in [3.8, 4) is 0 Å². The Morgan fingerprint density at radius 1 is 1.43 bits per heavy atom. The molecule has 1 aliphatic rings. The summed E-state index contributed by atoms with van der Waals surface area (Å²) in [6.45, 7) is 4.77. The lowest BCUT2D eigenvalue weighted by atomic mass is 10.0. The van der Waals surface area contributed by atoms with Crippen LogP contribution in [0.5, 0.6) is 0 Å². The Bertz CT molecular complexity index is 530. The largest absolute Gasteiger partial charge is 0.480 e. The smallest absolute Gasteiger partial charge is 0.320 e. The highest BCUT2D eigenvalue weighted by Gasteiger charge is 2.31. The highest BCUT2D eigenvalue weighted by Crippen LogP contribution is 2.18. The van der Waals surface area contributed by atoms with Crippen LogP contribution in [0.25, 0.3) is 0 Å². The number of nitrogens with zero attached hydrogens (tertiary/aromatic N) is 1. The second kappa shape index (κ2) is 6.72. The Balaban J connectivity index is 1.93. The molecule has 2 rings (SSSR count). The number of aliphatic carboxylic acids is 1. The Morgan fingerprint density at radius 2 is 2.14 bits per heavy atom. The summed E-state index contributed by atoms with van der Waals surface area (Å²) in [4.78, 5) is 25.0. The van der Waals surface area contributed by atoms with Crippen molar-refractivity contribution in [2.24, 2.45) is 0 Å². The van der Waals surface area contributed by atoms with E-state index in [1.165, 1.54) is 0 Å². The molecule has 5 heteroatoms. The highest BCUT2D eigenvalue weighted by atomic mass is 16.4. The van der Waals surface area contributed by atoms with Crippen molar-refractivity contribution in [1.29, 1.82) is 0 Å². The van der Waals surface area contributed by atoms with Gasteiger partial charge >= 0.3 is 5.97 Å². The Labute approximate surface area is 125 Å². The SMILES string of the molecule is Cc1ccccc1[C@@H](C)NC(=O)CN1CCC[C@H]1C(=O)O. The van der Waals surface area contributed by atoms with Crippen molar-refractivity contribution in [1.82, 2.24) is 10.2 Å². The molecule has 0 spiro atoms. The van der Waals surface area contributed by atoms with Gasteiger partial charge in [-0.1, -0.05) is 24.3 Å². The van der Waals surface area contributed by atoms with Crippen molar-refractivity contribution < 1.29 is 14.7 Å². The number of amides is 1. The molecule has 0 aliphatic carbocycles. The molecule has 1 saturated heterocycles. The van der Waals surface area contributed by atoms with Gasteiger partial charge in [-0.2, -0.15) is 0 Å². The maximum atomic E-state index is 12.1. The fourth-order valence-corrected chi connectivity index (χ4v) is 2.92. The van der Waals surface area contributed by atoms with E-state index < -0.39 is 12.0 Å². The van der Waals surface area contributed by atoms with Crippen molar-refractivity contribution in [3.05, 3.63) is 35.4 Å². The van der Waals surface area contributed by atoms with Gasteiger partial charge in [0, 0.05) is 0 Å². The molecule has 0 radical (unpaired) electrons. The Morgan fingerprint density at radius 3 is 2.81 bits per heavy atom. The van der Waals surface area contributed by atoms with Gasteiger partial charge in [-0.15, -0.1) is 0 Å². The minimum Gasteiger partial charge on any atom is -0.480 e. The van der Waals surface area contributed by atoms with Crippen LogP contribution in [0.3, 0.4) is 0 Å². The number of nitrogens with one attached hydrogen (secondary N) is 1. The molecule has 1 aromatic rings. The van der Waals surface area contributed by atoms with Crippen LogP contribution in [-0.4, -0.2) is 41.0 Å². The van der Waals surface area contributed by atoms with Gasteiger partial charge in [0.05, 0.1) is 12.6 Å². The van der Waals surface area contributed by atoms with E-state index in [4.69, 9.17) is 5.11 Å². The molecule has 5 nitrogen and oxygen atoms in total. The molecule has 1 aliphatic heterocycles. The number of carbonyl (C=O) groups is 2. The first-order chi connectivity index (χ1) is 9.99. The summed E-state index contributed by atoms with van der Waals surface area (Å²) in [6, 6.07) is 7.32. The van der Waals surface area contributed by atoms with Gasteiger partial charge in [-0.25, -0.2) is 0 Å². The third-order valence-electron chi connectivity index (χ3n) is 4.03. The van der Waals surface area contributed by atoms with Crippen molar-refractivity contribution in [2.75, 3.05) is 13.1 Å². The maximum Gasteiger partial charge on any atom is 0.320 e. The van der Waals surface area contributed by atoms with Crippen LogP contribution in [0.2, 0.25) is 0 Å². The van der Waals surface area contributed by atoms with E-state index in [-0.39, 0.29) is 18.5 Å². The fourth-order valence-electron chi connectivity index (χ4n) is 2.92. The number of benzene rings is 1. The summed E-state index contributed by atoms with van der Waals surface area (Å²) >= 11 is 0. The maximum absolute atomic E-state index is 12.1. The first kappa shape index (κ1) is 15.5. The molecule has 0 saturated carbocycles. The zero-order valence-electron chi connectivity index (χ0n) is 12.5. The highest BCUT2D eigenvalue weighted by molar-refractivity contribution is 5.80. The number of aryl methyl sites for hydroxylation is 1. The van der Waals surface area contributed by atoms with Crippen LogP contribution in [-0.2, 0) is 9.59 Å². The molecule has 2 N–H and O–H groups in total. The first-order valence-corrected chi connectivity index (χ1v) is 7.31. The van der Waals surface area contributed by atoms with Crippen molar-refractivity contribution >= 4 is 11.9 Å². The van der Waals surface area contributed by atoms with Gasteiger partial charge < -0.3 is 10.4 Å². The van der Waals surface area contributed by atoms with E-state index in [0.717, 1.165) is 17.5 Å². The summed E-state index contributed by atoms with van der Waals surface area (Å²) in [7, 11) is 0. The molecule has 1 fully saturated rings.